The lowest BCUT2D eigenvalue weighted by atomic mass is 10.2. The van der Waals surface area contributed by atoms with Crippen molar-refractivity contribution in [3.8, 4) is 0 Å². The molecule has 0 unspecified atom stereocenters. The molecular weight excluding hydrogens is 390 g/mol. The first-order valence-electron chi connectivity index (χ1n) is 7.67. The van der Waals surface area contributed by atoms with Crippen LogP contribution in [0.4, 0.5) is 4.79 Å². The van der Waals surface area contributed by atoms with Gasteiger partial charge in [-0.3, -0.25) is 9.71 Å². The zero-order chi connectivity index (χ0) is 17.7. The van der Waals surface area contributed by atoms with Crippen LogP contribution in [0.1, 0.15) is 27.7 Å². The summed E-state index contributed by atoms with van der Waals surface area (Å²) in [5.74, 6) is 0. The minimum absolute atomic E-state index is 0.0787. The Bertz CT molecular complexity index is 706. The van der Waals surface area contributed by atoms with Gasteiger partial charge in [0.2, 0.25) is 0 Å². The zero-order valence-corrected chi connectivity index (χ0v) is 16.6. The number of hydrogen-bond acceptors (Lipinski definition) is 5. The largest absolute Gasteiger partial charge is 0.443 e. The van der Waals surface area contributed by atoms with Crippen molar-refractivity contribution in [1.82, 2.24) is 13.6 Å². The number of ether oxygens (including phenoxy) is 1. The number of benzene rings is 1. The molecule has 0 radical (unpaired) electrons. The van der Waals surface area contributed by atoms with Gasteiger partial charge in [-0.1, -0.05) is 6.07 Å². The van der Waals surface area contributed by atoms with Crippen molar-refractivity contribution in [2.45, 2.75) is 44.2 Å². The van der Waals surface area contributed by atoms with E-state index in [1.54, 1.807) is 18.1 Å². The van der Waals surface area contributed by atoms with Gasteiger partial charge in [-0.05, 0) is 63.2 Å². The summed E-state index contributed by atoms with van der Waals surface area (Å²) in [5.41, 5.74) is -0.505. The van der Waals surface area contributed by atoms with Gasteiger partial charge in [-0.2, -0.15) is 0 Å². The van der Waals surface area contributed by atoms with Crippen LogP contribution in [0.2, 0.25) is 0 Å². The molecule has 24 heavy (non-hydrogen) atoms. The average Bonchev–Trinajstić information content (AvgIpc) is 2.51. The quantitative estimate of drug-likeness (QED) is 0.567. The molecular formula is C17H22BrN3O2S. The smallest absolute Gasteiger partial charge is 0.420 e. The molecule has 1 atom stereocenters. The third-order valence-electron chi connectivity index (χ3n) is 3.02. The van der Waals surface area contributed by atoms with E-state index >= 15 is 0 Å². The van der Waals surface area contributed by atoms with Crippen molar-refractivity contribution < 1.29 is 9.53 Å². The summed E-state index contributed by atoms with van der Waals surface area (Å²) in [5, 5.41) is 2.27. The number of nitrogens with zero attached hydrogens (tertiary/aromatic N) is 2. The van der Waals surface area contributed by atoms with E-state index in [9.17, 15) is 4.79 Å². The number of amides is 1. The summed E-state index contributed by atoms with van der Waals surface area (Å²) < 4.78 is 10.1. The molecule has 1 heterocycles. The first-order valence-corrected chi connectivity index (χ1v) is 9.19. The second-order valence-electron chi connectivity index (χ2n) is 6.53. The number of aromatic nitrogens is 1. The molecule has 1 N–H and O–H groups in total. The third-order valence-corrected chi connectivity index (χ3v) is 4.60. The molecule has 0 fully saturated rings. The second-order valence-corrected chi connectivity index (χ2v) is 8.30. The van der Waals surface area contributed by atoms with E-state index in [0.29, 0.717) is 6.54 Å². The van der Waals surface area contributed by atoms with Crippen LogP contribution in [-0.2, 0) is 4.74 Å². The Hall–Kier alpha value is -1.31. The zero-order valence-electron chi connectivity index (χ0n) is 14.2. The number of nitrogens with one attached hydrogen (secondary N) is 1. The van der Waals surface area contributed by atoms with E-state index < -0.39 is 5.60 Å². The van der Waals surface area contributed by atoms with Gasteiger partial charge in [0.05, 0.1) is 22.7 Å². The van der Waals surface area contributed by atoms with E-state index in [1.165, 1.54) is 3.93 Å². The van der Waals surface area contributed by atoms with Gasteiger partial charge < -0.3 is 4.74 Å². The molecule has 7 heteroatoms. The molecule has 1 amide bonds. The Labute approximate surface area is 155 Å². The summed E-state index contributed by atoms with van der Waals surface area (Å²) in [6, 6.07) is 8.28. The van der Waals surface area contributed by atoms with Gasteiger partial charge in [0.15, 0.2) is 0 Å². The number of fused-ring (bicyclic) bond motifs is 1. The Kier molecular flexibility index (Phi) is 6.48. The molecule has 2 aromatic rings. The van der Waals surface area contributed by atoms with Crippen LogP contribution in [0.15, 0.2) is 41.6 Å². The fraction of sp³-hybridized carbons (Fsp3) is 0.412. The Balaban J connectivity index is 1.85. The maximum atomic E-state index is 11.9. The third kappa shape index (κ3) is 5.96. The lowest BCUT2D eigenvalue weighted by Crippen LogP contribution is -2.37. The molecule has 5 nitrogen and oxygen atoms in total. The number of rotatable bonds is 5. The van der Waals surface area contributed by atoms with Crippen LogP contribution < -0.4 is 4.72 Å². The topological polar surface area (TPSA) is 54.5 Å². The highest BCUT2D eigenvalue weighted by Crippen LogP contribution is 2.22. The maximum Gasteiger partial charge on any atom is 0.420 e. The number of pyridine rings is 1. The van der Waals surface area contributed by atoms with Crippen molar-refractivity contribution in [3.05, 3.63) is 36.7 Å². The molecule has 2 rings (SSSR count). The van der Waals surface area contributed by atoms with Crippen LogP contribution in [0.5, 0.6) is 0 Å². The van der Waals surface area contributed by atoms with Crippen molar-refractivity contribution in [2.24, 2.45) is 0 Å². The molecule has 0 aliphatic carbocycles. The monoisotopic (exact) mass is 411 g/mol. The van der Waals surface area contributed by atoms with Crippen molar-refractivity contribution in [1.29, 1.82) is 0 Å². The van der Waals surface area contributed by atoms with E-state index in [4.69, 9.17) is 4.74 Å². The normalized spacial score (nSPS) is 12.9. The number of halogens is 1. The highest BCUT2D eigenvalue weighted by Gasteiger charge is 2.22. The van der Waals surface area contributed by atoms with Crippen LogP contribution >= 0.6 is 28.1 Å². The standard InChI is InChI=1S/C17H22BrN3O2S/c1-12(11-21(18)16(22)23-17(2,3)4)20-24-15-6-5-14-10-19-8-7-13(14)9-15/h5-10,12,20H,11H2,1-4H3/t12-/m1/s1. The fourth-order valence-electron chi connectivity index (χ4n) is 1.96. The summed E-state index contributed by atoms with van der Waals surface area (Å²) in [4.78, 5) is 17.2. The molecule has 0 aliphatic heterocycles. The van der Waals surface area contributed by atoms with Crippen LogP contribution in [0.3, 0.4) is 0 Å². The number of carbonyl (C=O) groups is 1. The summed E-state index contributed by atoms with van der Waals surface area (Å²) in [6.45, 7) is 8.03. The predicted molar refractivity (Wildman–Crippen MR) is 102 cm³/mol. The molecule has 0 bridgehead atoms. The van der Waals surface area contributed by atoms with Crippen LogP contribution in [0, 0.1) is 0 Å². The van der Waals surface area contributed by atoms with Gasteiger partial charge in [0.25, 0.3) is 0 Å². The van der Waals surface area contributed by atoms with Gasteiger partial charge >= 0.3 is 6.09 Å². The Morgan fingerprint density at radius 2 is 2.12 bits per heavy atom. The lowest BCUT2D eigenvalue weighted by Gasteiger charge is -2.25. The fourth-order valence-corrected chi connectivity index (χ4v) is 3.20. The lowest BCUT2D eigenvalue weighted by molar-refractivity contribution is 0.0409. The summed E-state index contributed by atoms with van der Waals surface area (Å²) in [7, 11) is 0. The molecule has 0 aliphatic rings. The second kappa shape index (κ2) is 8.18. The Morgan fingerprint density at radius 1 is 1.38 bits per heavy atom. The molecule has 130 valence electrons. The molecule has 0 spiro atoms. The van der Waals surface area contributed by atoms with Crippen LogP contribution in [-0.4, -0.2) is 33.2 Å². The average molecular weight is 412 g/mol. The molecule has 0 saturated carbocycles. The molecule has 1 aromatic heterocycles. The summed E-state index contributed by atoms with van der Waals surface area (Å²) >= 11 is 4.80. The van der Waals surface area contributed by atoms with E-state index in [0.717, 1.165) is 15.7 Å². The SMILES string of the molecule is C[C@H](CN(Br)C(=O)OC(C)(C)C)NSc1ccc2cnccc2c1. The first kappa shape index (κ1) is 19.0. The van der Waals surface area contributed by atoms with Crippen molar-refractivity contribution in [3.63, 3.8) is 0 Å². The number of carbonyl (C=O) groups excluding carboxylic acids is 1. The van der Waals surface area contributed by atoms with Gasteiger partial charge in [0, 0.05) is 28.7 Å². The van der Waals surface area contributed by atoms with Gasteiger partial charge in [-0.15, -0.1) is 0 Å². The minimum Gasteiger partial charge on any atom is -0.443 e. The van der Waals surface area contributed by atoms with Gasteiger partial charge in [-0.25, -0.2) is 8.72 Å². The highest BCUT2D eigenvalue weighted by atomic mass is 79.9. The first-order chi connectivity index (χ1) is 11.2. The van der Waals surface area contributed by atoms with Crippen molar-refractivity contribution >= 4 is 45.0 Å². The van der Waals surface area contributed by atoms with Crippen molar-refractivity contribution in [2.75, 3.05) is 6.54 Å². The molecule has 0 saturated heterocycles. The summed E-state index contributed by atoms with van der Waals surface area (Å²) in [6.07, 6.45) is 3.25. The van der Waals surface area contributed by atoms with E-state index in [-0.39, 0.29) is 12.1 Å². The minimum atomic E-state index is -0.505. The highest BCUT2D eigenvalue weighted by molar-refractivity contribution is 9.07. The molecule has 1 aromatic carbocycles. The predicted octanol–water partition coefficient (Wildman–Crippen LogP) is 4.77. The Morgan fingerprint density at radius 3 is 2.83 bits per heavy atom. The van der Waals surface area contributed by atoms with E-state index in [2.05, 4.69) is 38.0 Å². The van der Waals surface area contributed by atoms with E-state index in [1.807, 2.05) is 46.0 Å². The van der Waals surface area contributed by atoms with Crippen LogP contribution in [0.25, 0.3) is 10.8 Å². The van der Waals surface area contributed by atoms with Gasteiger partial charge in [0.1, 0.15) is 5.60 Å². The maximum absolute atomic E-state index is 11.9. The number of hydrogen-bond donors (Lipinski definition) is 1.